The highest BCUT2D eigenvalue weighted by Gasteiger charge is 2.32. The summed E-state index contributed by atoms with van der Waals surface area (Å²) in [4.78, 5) is 22.8. The first-order valence-electron chi connectivity index (χ1n) is 9.76. The quantitative estimate of drug-likeness (QED) is 0.434. The number of benzene rings is 1. The molecule has 7 nitrogen and oxygen atoms in total. The van der Waals surface area contributed by atoms with Gasteiger partial charge < -0.3 is 24.8 Å². The van der Waals surface area contributed by atoms with Gasteiger partial charge in [0.1, 0.15) is 24.3 Å². The van der Waals surface area contributed by atoms with Gasteiger partial charge in [-0.05, 0) is 23.6 Å². The lowest BCUT2D eigenvalue weighted by Gasteiger charge is -2.34. The topological polar surface area (TPSA) is 85.9 Å². The van der Waals surface area contributed by atoms with Crippen LogP contribution in [-0.4, -0.2) is 50.5 Å². The molecule has 29 heavy (non-hydrogen) atoms. The van der Waals surface area contributed by atoms with Gasteiger partial charge in [-0.3, -0.25) is 4.79 Å². The zero-order valence-corrected chi connectivity index (χ0v) is 16.9. The van der Waals surface area contributed by atoms with Crippen LogP contribution in [-0.2, 0) is 14.3 Å². The van der Waals surface area contributed by atoms with Crippen LogP contribution in [0.25, 0.3) is 0 Å². The largest absolute Gasteiger partial charge is 0.491 e. The summed E-state index contributed by atoms with van der Waals surface area (Å²) in [5.41, 5.74) is 0.943. The molecule has 1 aliphatic carbocycles. The fraction of sp³-hybridized carbons (Fsp3) is 0.524. The second-order valence-electron chi connectivity index (χ2n) is 7.13. The molecule has 1 aromatic rings. The van der Waals surface area contributed by atoms with E-state index in [2.05, 4.69) is 17.2 Å². The zero-order valence-electron chi connectivity index (χ0n) is 16.9. The van der Waals surface area contributed by atoms with Gasteiger partial charge in [-0.15, -0.1) is 0 Å². The number of carbonyl (C=O) groups is 2. The highest BCUT2D eigenvalue weighted by Crippen LogP contribution is 2.27. The first-order chi connectivity index (χ1) is 13.9. The third-order valence-electron chi connectivity index (χ3n) is 4.50. The van der Waals surface area contributed by atoms with Gasteiger partial charge in [0.05, 0.1) is 13.2 Å². The molecular weight excluding hydrogens is 379 g/mol. The Balaban J connectivity index is 1.51. The van der Waals surface area contributed by atoms with Gasteiger partial charge in [0.15, 0.2) is 0 Å². The minimum atomic E-state index is -0.510. The van der Waals surface area contributed by atoms with Crippen molar-refractivity contribution in [3.8, 4) is 5.75 Å². The highest BCUT2D eigenvalue weighted by atomic mass is 19.1. The van der Waals surface area contributed by atoms with Crippen molar-refractivity contribution in [2.75, 3.05) is 26.4 Å². The van der Waals surface area contributed by atoms with Gasteiger partial charge in [-0.1, -0.05) is 26.5 Å². The monoisotopic (exact) mass is 408 g/mol. The van der Waals surface area contributed by atoms with Crippen molar-refractivity contribution in [2.24, 2.45) is 0 Å². The third kappa shape index (κ3) is 7.73. The minimum absolute atomic E-state index is 0.0240. The molecule has 0 aromatic heterocycles. The molecule has 2 N–H and O–H groups in total. The van der Waals surface area contributed by atoms with E-state index in [1.165, 1.54) is 18.2 Å². The van der Waals surface area contributed by atoms with Gasteiger partial charge in [-0.25, -0.2) is 9.18 Å². The summed E-state index contributed by atoms with van der Waals surface area (Å²) in [7, 11) is 0. The average Bonchev–Trinajstić information content (AvgIpc) is 2.65. The molecule has 0 spiro atoms. The Morgan fingerprint density at radius 2 is 2.03 bits per heavy atom. The van der Waals surface area contributed by atoms with E-state index in [1.54, 1.807) is 6.07 Å². The summed E-state index contributed by atoms with van der Waals surface area (Å²) in [5.74, 6) is 0.185. The van der Waals surface area contributed by atoms with Gasteiger partial charge in [0, 0.05) is 31.5 Å². The molecular formula is C21H29FN2O5. The maximum atomic E-state index is 13.4. The predicted molar refractivity (Wildman–Crippen MR) is 106 cm³/mol. The van der Waals surface area contributed by atoms with Crippen molar-refractivity contribution < 1.29 is 28.2 Å². The van der Waals surface area contributed by atoms with Gasteiger partial charge >= 0.3 is 6.09 Å². The molecule has 0 bridgehead atoms. The van der Waals surface area contributed by atoms with Crippen LogP contribution in [0.4, 0.5) is 9.18 Å². The number of alkyl carbamates (subject to hydrolysis) is 1. The summed E-state index contributed by atoms with van der Waals surface area (Å²) in [6.07, 6.45) is 1.71. The third-order valence-corrected chi connectivity index (χ3v) is 4.50. The van der Waals surface area contributed by atoms with Crippen LogP contribution in [0, 0.1) is 5.82 Å². The molecule has 1 saturated carbocycles. The second kappa shape index (κ2) is 11.4. The Labute approximate surface area is 170 Å². The minimum Gasteiger partial charge on any atom is -0.491 e. The van der Waals surface area contributed by atoms with E-state index in [0.717, 1.165) is 5.56 Å². The molecule has 0 radical (unpaired) electrons. The summed E-state index contributed by atoms with van der Waals surface area (Å²) in [6, 6.07) is 4.55. The molecule has 1 aromatic carbocycles. The van der Waals surface area contributed by atoms with E-state index >= 15 is 0 Å². The van der Waals surface area contributed by atoms with Crippen molar-refractivity contribution in [1.29, 1.82) is 0 Å². The van der Waals surface area contributed by atoms with E-state index in [9.17, 15) is 14.0 Å². The molecule has 2 amide bonds. The normalized spacial score (nSPS) is 17.9. The molecule has 1 fully saturated rings. The molecule has 0 unspecified atom stereocenters. The predicted octanol–water partition coefficient (Wildman–Crippen LogP) is 2.90. The number of hydrogen-bond donors (Lipinski definition) is 2. The molecule has 0 atom stereocenters. The maximum absolute atomic E-state index is 13.4. The molecule has 0 saturated heterocycles. The van der Waals surface area contributed by atoms with Gasteiger partial charge in [0.25, 0.3) is 0 Å². The Morgan fingerprint density at radius 3 is 2.72 bits per heavy atom. The first kappa shape index (κ1) is 22.7. The van der Waals surface area contributed by atoms with Crippen LogP contribution in [0.2, 0.25) is 0 Å². The number of rotatable bonds is 11. The first-order valence-corrected chi connectivity index (χ1v) is 9.76. The highest BCUT2D eigenvalue weighted by molar-refractivity contribution is 5.87. The number of hydrogen-bond acceptors (Lipinski definition) is 5. The van der Waals surface area contributed by atoms with E-state index in [1.807, 2.05) is 13.8 Å². The fourth-order valence-corrected chi connectivity index (χ4v) is 2.88. The van der Waals surface area contributed by atoms with Crippen molar-refractivity contribution in [3.63, 3.8) is 0 Å². The number of halogens is 1. The van der Waals surface area contributed by atoms with Crippen molar-refractivity contribution in [1.82, 2.24) is 10.6 Å². The Morgan fingerprint density at radius 1 is 1.28 bits per heavy atom. The van der Waals surface area contributed by atoms with Crippen molar-refractivity contribution in [2.45, 2.75) is 44.8 Å². The summed E-state index contributed by atoms with van der Waals surface area (Å²) < 4.78 is 29.6. The Hall–Kier alpha value is -2.61. The molecule has 1 aliphatic rings. The number of carbonyl (C=O) groups excluding carboxylic acids is 2. The lowest BCUT2D eigenvalue weighted by atomic mass is 9.89. The van der Waals surface area contributed by atoms with Crippen molar-refractivity contribution >= 4 is 12.0 Å². The van der Waals surface area contributed by atoms with Gasteiger partial charge in [0.2, 0.25) is 5.91 Å². The lowest BCUT2D eigenvalue weighted by molar-refractivity contribution is -0.118. The van der Waals surface area contributed by atoms with Crippen LogP contribution in [0.5, 0.6) is 5.75 Å². The van der Waals surface area contributed by atoms with Gasteiger partial charge in [-0.2, -0.15) is 0 Å². The summed E-state index contributed by atoms with van der Waals surface area (Å²) in [6.45, 7) is 8.63. The van der Waals surface area contributed by atoms with Crippen LogP contribution < -0.4 is 15.4 Å². The van der Waals surface area contributed by atoms with E-state index < -0.39 is 6.09 Å². The van der Waals surface area contributed by atoms with E-state index in [4.69, 9.17) is 14.2 Å². The SMILES string of the molecule is C=CC(=O)NC1CC(OC(=O)NCCOCCOc2cc(F)ccc2C(C)C)C1. The Kier molecular flexibility index (Phi) is 8.92. The molecule has 2 rings (SSSR count). The van der Waals surface area contributed by atoms with Crippen LogP contribution in [0.3, 0.4) is 0 Å². The number of ether oxygens (including phenoxy) is 3. The summed E-state index contributed by atoms with van der Waals surface area (Å²) in [5, 5.41) is 5.35. The standard InChI is InChI=1S/C21H29FN2O5/c1-4-20(25)24-16-12-17(13-16)29-21(26)23-7-8-27-9-10-28-19-11-15(22)5-6-18(19)14(2)3/h4-6,11,14,16-17H,1,7-10,12-13H2,2-3H3,(H,23,26)(H,24,25). The van der Waals surface area contributed by atoms with Crippen molar-refractivity contribution in [3.05, 3.63) is 42.2 Å². The number of amides is 2. The molecule has 0 aliphatic heterocycles. The van der Waals surface area contributed by atoms with Crippen LogP contribution in [0.15, 0.2) is 30.9 Å². The molecule has 8 heteroatoms. The smallest absolute Gasteiger partial charge is 0.407 e. The fourth-order valence-electron chi connectivity index (χ4n) is 2.88. The van der Waals surface area contributed by atoms with E-state index in [-0.39, 0.29) is 36.4 Å². The second-order valence-corrected chi connectivity index (χ2v) is 7.13. The molecule has 160 valence electrons. The lowest BCUT2D eigenvalue weighted by Crippen LogP contribution is -2.49. The molecule has 0 heterocycles. The summed E-state index contributed by atoms with van der Waals surface area (Å²) >= 11 is 0. The van der Waals surface area contributed by atoms with E-state index in [0.29, 0.717) is 38.3 Å². The Bertz CT molecular complexity index is 704. The average molecular weight is 408 g/mol. The number of nitrogens with one attached hydrogen (secondary N) is 2. The zero-order chi connectivity index (χ0) is 21.2. The maximum Gasteiger partial charge on any atom is 0.407 e. The van der Waals surface area contributed by atoms with Crippen LogP contribution >= 0.6 is 0 Å². The van der Waals surface area contributed by atoms with Crippen LogP contribution in [0.1, 0.15) is 38.2 Å².